The summed E-state index contributed by atoms with van der Waals surface area (Å²) < 4.78 is 17.7. The zero-order valence-electron chi connectivity index (χ0n) is 23.5. The quantitative estimate of drug-likeness (QED) is 0.197. The fourth-order valence-corrected chi connectivity index (χ4v) is 7.13. The molecule has 6 atom stereocenters. The third-order valence-corrected chi connectivity index (χ3v) is 9.15. The molecule has 0 aromatic carbocycles. The summed E-state index contributed by atoms with van der Waals surface area (Å²) in [4.78, 5) is 47.6. The van der Waals surface area contributed by atoms with Crippen LogP contribution < -0.4 is 0 Å². The summed E-state index contributed by atoms with van der Waals surface area (Å²) >= 11 is 0. The Morgan fingerprint density at radius 2 is 1.92 bits per heavy atom. The van der Waals surface area contributed by atoms with Crippen molar-refractivity contribution in [1.29, 1.82) is 0 Å². The molecule has 39 heavy (non-hydrogen) atoms. The number of morpholine rings is 1. The number of carbonyl (C=O) groups excluding carboxylic acids is 3. The normalized spacial score (nSPS) is 33.7. The van der Waals surface area contributed by atoms with Gasteiger partial charge >= 0.3 is 5.97 Å². The molecule has 10 nitrogen and oxygen atoms in total. The predicted molar refractivity (Wildman–Crippen MR) is 145 cm³/mol. The van der Waals surface area contributed by atoms with Crippen LogP contribution in [0.3, 0.4) is 0 Å². The Labute approximate surface area is 231 Å². The van der Waals surface area contributed by atoms with Gasteiger partial charge in [-0.3, -0.25) is 19.3 Å². The molecule has 2 bridgehead atoms. The van der Waals surface area contributed by atoms with Gasteiger partial charge in [0.1, 0.15) is 24.2 Å². The molecule has 0 aliphatic carbocycles. The summed E-state index contributed by atoms with van der Waals surface area (Å²) in [5.74, 6) is -2.50. The first-order chi connectivity index (χ1) is 18.7. The van der Waals surface area contributed by atoms with E-state index >= 15 is 0 Å². The van der Waals surface area contributed by atoms with Gasteiger partial charge in [0.2, 0.25) is 11.8 Å². The lowest BCUT2D eigenvalue weighted by Crippen LogP contribution is -2.57. The molecule has 1 N–H and O–H groups in total. The monoisotopic (exact) mass is 547 g/mol. The lowest BCUT2D eigenvalue weighted by Gasteiger charge is -2.38. The van der Waals surface area contributed by atoms with E-state index in [9.17, 15) is 19.5 Å². The lowest BCUT2D eigenvalue weighted by atomic mass is 9.62. The van der Waals surface area contributed by atoms with Crippen molar-refractivity contribution in [3.8, 4) is 0 Å². The van der Waals surface area contributed by atoms with E-state index in [4.69, 9.17) is 14.2 Å². The van der Waals surface area contributed by atoms with Crippen molar-refractivity contribution in [3.63, 3.8) is 0 Å². The van der Waals surface area contributed by atoms with E-state index < -0.39 is 35.0 Å². The second kappa shape index (κ2) is 12.5. The van der Waals surface area contributed by atoms with E-state index in [2.05, 4.69) is 18.1 Å². The Balaban J connectivity index is 1.66. The average Bonchev–Trinajstić information content (AvgIpc) is 3.44. The molecule has 1 spiro atoms. The van der Waals surface area contributed by atoms with E-state index in [1.54, 1.807) is 15.9 Å². The van der Waals surface area contributed by atoms with E-state index in [1.807, 2.05) is 13.8 Å². The Hall–Kier alpha value is -2.27. The van der Waals surface area contributed by atoms with Gasteiger partial charge in [-0.15, -0.1) is 6.58 Å². The highest BCUT2D eigenvalue weighted by Gasteiger charge is 2.80. The Morgan fingerprint density at radius 1 is 1.18 bits per heavy atom. The Morgan fingerprint density at radius 3 is 2.59 bits per heavy atom. The van der Waals surface area contributed by atoms with Crippen LogP contribution in [0, 0.1) is 17.8 Å². The van der Waals surface area contributed by atoms with E-state index in [-0.39, 0.29) is 30.9 Å². The highest BCUT2D eigenvalue weighted by atomic mass is 16.6. The van der Waals surface area contributed by atoms with Gasteiger partial charge in [0.25, 0.3) is 0 Å². The average molecular weight is 548 g/mol. The maximum Gasteiger partial charge on any atom is 0.313 e. The lowest BCUT2D eigenvalue weighted by molar-refractivity contribution is -0.161. The molecule has 0 aromatic heterocycles. The molecule has 4 fully saturated rings. The number of carbonyl (C=O) groups is 3. The van der Waals surface area contributed by atoms with E-state index in [0.717, 1.165) is 19.5 Å². The maximum absolute atomic E-state index is 14.4. The number of fused-ring (bicyclic) bond motifs is 1. The van der Waals surface area contributed by atoms with Crippen LogP contribution in [0.15, 0.2) is 25.3 Å². The van der Waals surface area contributed by atoms with Crippen LogP contribution in [0.25, 0.3) is 0 Å². The van der Waals surface area contributed by atoms with Crippen LogP contribution in [0.4, 0.5) is 0 Å². The molecule has 4 aliphatic heterocycles. The van der Waals surface area contributed by atoms with Crippen molar-refractivity contribution in [2.24, 2.45) is 17.8 Å². The van der Waals surface area contributed by atoms with Crippen molar-refractivity contribution >= 4 is 17.8 Å². The molecule has 218 valence electrons. The van der Waals surface area contributed by atoms with Crippen LogP contribution in [0.2, 0.25) is 0 Å². The second-order valence-electron chi connectivity index (χ2n) is 11.5. The number of amides is 2. The van der Waals surface area contributed by atoms with Gasteiger partial charge in [0.05, 0.1) is 24.7 Å². The van der Waals surface area contributed by atoms with Crippen LogP contribution in [0.1, 0.15) is 39.5 Å². The predicted octanol–water partition coefficient (Wildman–Crippen LogP) is 1.24. The summed E-state index contributed by atoms with van der Waals surface area (Å²) in [7, 11) is 0. The first kappa shape index (κ1) is 29.7. The van der Waals surface area contributed by atoms with Crippen LogP contribution in [0.5, 0.6) is 0 Å². The van der Waals surface area contributed by atoms with Crippen molar-refractivity contribution < 1.29 is 33.7 Å². The minimum absolute atomic E-state index is 0.0475. The molecule has 0 aromatic rings. The number of nitrogens with zero attached hydrogens (tertiary/aromatic N) is 3. The molecule has 0 radical (unpaired) electrons. The van der Waals surface area contributed by atoms with Gasteiger partial charge in [0, 0.05) is 45.9 Å². The fourth-order valence-electron chi connectivity index (χ4n) is 7.13. The molecule has 4 saturated heterocycles. The van der Waals surface area contributed by atoms with Crippen molar-refractivity contribution in [1.82, 2.24) is 14.7 Å². The van der Waals surface area contributed by atoms with Crippen LogP contribution >= 0.6 is 0 Å². The van der Waals surface area contributed by atoms with Gasteiger partial charge in [-0.1, -0.05) is 25.7 Å². The number of aliphatic hydroxyl groups is 1. The summed E-state index contributed by atoms with van der Waals surface area (Å²) in [6.07, 6.45) is 5.73. The summed E-state index contributed by atoms with van der Waals surface area (Å²) in [5, 5.41) is 9.25. The van der Waals surface area contributed by atoms with Gasteiger partial charge in [-0.05, 0) is 38.5 Å². The van der Waals surface area contributed by atoms with Gasteiger partial charge in [-0.25, -0.2) is 0 Å². The number of ether oxygens (including phenoxy) is 3. The van der Waals surface area contributed by atoms with Gasteiger partial charge in [-0.2, -0.15) is 0 Å². The second-order valence-corrected chi connectivity index (χ2v) is 11.5. The summed E-state index contributed by atoms with van der Waals surface area (Å²) in [5.41, 5.74) is -2.01. The number of hydrogen-bond acceptors (Lipinski definition) is 8. The van der Waals surface area contributed by atoms with Gasteiger partial charge in [0.15, 0.2) is 0 Å². The molecule has 3 unspecified atom stereocenters. The van der Waals surface area contributed by atoms with Crippen LogP contribution in [-0.2, 0) is 28.6 Å². The van der Waals surface area contributed by atoms with E-state index in [0.29, 0.717) is 58.7 Å². The molecular weight excluding hydrogens is 502 g/mol. The number of unbranched alkanes of at least 4 members (excludes halogenated alkanes) is 2. The zero-order valence-corrected chi connectivity index (χ0v) is 23.5. The molecule has 0 saturated carbocycles. The van der Waals surface area contributed by atoms with Crippen molar-refractivity contribution in [2.75, 3.05) is 65.7 Å². The number of esters is 1. The number of aliphatic hydroxyl groups excluding tert-OH is 1. The maximum atomic E-state index is 14.4. The molecule has 4 heterocycles. The van der Waals surface area contributed by atoms with E-state index in [1.165, 1.54) is 6.08 Å². The number of rotatable bonds is 14. The molecule has 2 amide bonds. The first-order valence-corrected chi connectivity index (χ1v) is 14.3. The third kappa shape index (κ3) is 5.40. The zero-order chi connectivity index (χ0) is 28.2. The number of hydrogen-bond donors (Lipinski definition) is 1. The minimum Gasteiger partial charge on any atom is -0.461 e. The molecule has 10 heteroatoms. The number of likely N-dealkylation sites (tertiary alicyclic amines) is 1. The third-order valence-electron chi connectivity index (χ3n) is 9.15. The molecule has 4 aliphatic rings. The largest absolute Gasteiger partial charge is 0.461 e. The topological polar surface area (TPSA) is 109 Å². The fraction of sp³-hybridized carbons (Fsp3) is 0.759. The highest BCUT2D eigenvalue weighted by molar-refractivity contribution is 5.98. The summed E-state index contributed by atoms with van der Waals surface area (Å²) in [6, 6.07) is -0.838. The molecule has 4 rings (SSSR count). The Bertz CT molecular complexity index is 938. The van der Waals surface area contributed by atoms with Gasteiger partial charge < -0.3 is 29.1 Å². The minimum atomic E-state index is -1.10. The summed E-state index contributed by atoms with van der Waals surface area (Å²) in [6.45, 7) is 16.4. The highest BCUT2D eigenvalue weighted by Crippen LogP contribution is 2.65. The molecular formula is C29H45N3O7. The first-order valence-electron chi connectivity index (χ1n) is 14.3. The Kier molecular flexibility index (Phi) is 9.52. The van der Waals surface area contributed by atoms with Crippen LogP contribution in [-0.4, -0.2) is 121 Å². The standard InChI is InChI=1S/C29H45N3O7/c1-5-10-31(13-12-30-14-18-37-19-15-30)26(35)24-29-20-21(3)28(4,39-29)23(27(36)38-17-6-2)22(29)25(34)32(24)11-8-7-9-16-33/h5-6,21-24,33H,1-2,7-20H2,3-4H3/t21?,22-,23+,24?,28-,29?/m0/s1. The smallest absolute Gasteiger partial charge is 0.313 e. The van der Waals surface area contributed by atoms with Crippen molar-refractivity contribution in [3.05, 3.63) is 25.3 Å². The van der Waals surface area contributed by atoms with Crippen molar-refractivity contribution in [2.45, 2.75) is 56.8 Å². The SMILES string of the molecule is C=CCOC(=O)[C@H]1[C@H]2C(=O)N(CCCCCO)C(C(=O)N(CC=C)CCN3CCOCC3)C23CC(C)[C@]1(C)O3.